The van der Waals surface area contributed by atoms with Crippen molar-refractivity contribution < 1.29 is 4.74 Å². The fourth-order valence-corrected chi connectivity index (χ4v) is 3.11. The molecule has 0 spiro atoms. The Kier molecular flexibility index (Phi) is 3.37. The molecular formula is C17H19N5O. The number of nitrogens with zero attached hydrogens (tertiary/aromatic N) is 4. The van der Waals surface area contributed by atoms with Gasteiger partial charge >= 0.3 is 0 Å². The van der Waals surface area contributed by atoms with E-state index in [1.54, 1.807) is 0 Å². The molecule has 0 saturated carbocycles. The zero-order valence-electron chi connectivity index (χ0n) is 13.3. The Morgan fingerprint density at radius 1 is 1.17 bits per heavy atom. The number of aromatic nitrogens is 5. The fourth-order valence-electron chi connectivity index (χ4n) is 3.11. The summed E-state index contributed by atoms with van der Waals surface area (Å²) in [5.74, 6) is 2.82. The number of fused-ring (bicyclic) bond motifs is 2. The number of aryl methyl sites for hydroxylation is 3. The second-order valence-corrected chi connectivity index (χ2v) is 5.93. The van der Waals surface area contributed by atoms with E-state index < -0.39 is 0 Å². The van der Waals surface area contributed by atoms with Gasteiger partial charge in [0, 0.05) is 17.7 Å². The zero-order valence-corrected chi connectivity index (χ0v) is 13.3. The van der Waals surface area contributed by atoms with Crippen molar-refractivity contribution in [1.29, 1.82) is 0 Å². The average molecular weight is 309 g/mol. The maximum atomic E-state index is 5.84. The van der Waals surface area contributed by atoms with Crippen molar-refractivity contribution >= 4 is 0 Å². The van der Waals surface area contributed by atoms with Crippen LogP contribution in [-0.2, 0) is 26.0 Å². The molecule has 4 rings (SSSR count). The lowest BCUT2D eigenvalue weighted by molar-refractivity contribution is 0.297. The third-order valence-corrected chi connectivity index (χ3v) is 4.44. The maximum absolute atomic E-state index is 5.84. The molecule has 0 unspecified atom stereocenters. The lowest BCUT2D eigenvalue weighted by Gasteiger charge is -2.08. The standard InChI is InChI=1S/C17H19N5O/c1-11-14(12(2)19-18-11)7-8-16-20-21-17-10-23-15-6-4-3-5-13(15)9-22(16)17/h3-6H,7-10H2,1-2H3,(H,18,19). The van der Waals surface area contributed by atoms with Crippen LogP contribution >= 0.6 is 0 Å². The number of para-hydroxylation sites is 1. The number of H-pyrrole nitrogens is 1. The highest BCUT2D eigenvalue weighted by molar-refractivity contribution is 5.35. The van der Waals surface area contributed by atoms with Crippen LogP contribution in [0.25, 0.3) is 0 Å². The van der Waals surface area contributed by atoms with Crippen molar-refractivity contribution in [3.8, 4) is 5.75 Å². The summed E-state index contributed by atoms with van der Waals surface area (Å²) < 4.78 is 8.02. The van der Waals surface area contributed by atoms with Gasteiger partial charge in [0.2, 0.25) is 0 Å². The Morgan fingerprint density at radius 3 is 2.87 bits per heavy atom. The van der Waals surface area contributed by atoms with Gasteiger partial charge in [0.15, 0.2) is 5.82 Å². The summed E-state index contributed by atoms with van der Waals surface area (Å²) >= 11 is 0. The van der Waals surface area contributed by atoms with Crippen LogP contribution in [0.4, 0.5) is 0 Å². The summed E-state index contributed by atoms with van der Waals surface area (Å²) in [6.07, 6.45) is 1.76. The lowest BCUT2D eigenvalue weighted by Crippen LogP contribution is -2.09. The van der Waals surface area contributed by atoms with Crippen LogP contribution in [-0.4, -0.2) is 25.0 Å². The number of rotatable bonds is 3. The van der Waals surface area contributed by atoms with Gasteiger partial charge in [0.05, 0.1) is 12.2 Å². The molecule has 6 heteroatoms. The Labute approximate surface area is 134 Å². The topological polar surface area (TPSA) is 68.6 Å². The summed E-state index contributed by atoms with van der Waals surface area (Å²) in [5.41, 5.74) is 4.63. The van der Waals surface area contributed by atoms with E-state index in [1.807, 2.05) is 25.1 Å². The molecule has 0 saturated heterocycles. The molecule has 0 fully saturated rings. The third-order valence-electron chi connectivity index (χ3n) is 4.44. The first kappa shape index (κ1) is 14.0. The molecule has 23 heavy (non-hydrogen) atoms. The monoisotopic (exact) mass is 309 g/mol. The number of ether oxygens (including phenoxy) is 1. The zero-order chi connectivity index (χ0) is 15.8. The van der Waals surface area contributed by atoms with Gasteiger partial charge < -0.3 is 9.30 Å². The summed E-state index contributed by atoms with van der Waals surface area (Å²) in [4.78, 5) is 0. The Bertz CT molecular complexity index is 829. The first-order valence-corrected chi connectivity index (χ1v) is 7.84. The van der Waals surface area contributed by atoms with Crippen LogP contribution < -0.4 is 4.74 Å². The minimum Gasteiger partial charge on any atom is -0.485 e. The van der Waals surface area contributed by atoms with Gasteiger partial charge in [-0.2, -0.15) is 5.10 Å². The van der Waals surface area contributed by atoms with Crippen molar-refractivity contribution in [2.75, 3.05) is 0 Å². The summed E-state index contributed by atoms with van der Waals surface area (Å²) in [5, 5.41) is 16.0. The van der Waals surface area contributed by atoms with Crippen LogP contribution in [0.1, 0.15) is 34.2 Å². The number of benzene rings is 1. The van der Waals surface area contributed by atoms with Crippen molar-refractivity contribution in [2.24, 2.45) is 0 Å². The predicted octanol–water partition coefficient (Wildman–Crippen LogP) is 2.34. The molecule has 1 aliphatic heterocycles. The second-order valence-electron chi connectivity index (χ2n) is 5.93. The van der Waals surface area contributed by atoms with Crippen LogP contribution in [0.3, 0.4) is 0 Å². The van der Waals surface area contributed by atoms with Gasteiger partial charge in [-0.1, -0.05) is 18.2 Å². The highest BCUT2D eigenvalue weighted by Crippen LogP contribution is 2.25. The van der Waals surface area contributed by atoms with Gasteiger partial charge in [0.1, 0.15) is 18.2 Å². The molecule has 3 aromatic rings. The van der Waals surface area contributed by atoms with Gasteiger partial charge in [-0.3, -0.25) is 5.10 Å². The number of hydrogen-bond donors (Lipinski definition) is 1. The first-order chi connectivity index (χ1) is 11.2. The van der Waals surface area contributed by atoms with Crippen molar-refractivity contribution in [3.63, 3.8) is 0 Å². The van der Waals surface area contributed by atoms with Crippen molar-refractivity contribution in [3.05, 3.63) is 58.4 Å². The van der Waals surface area contributed by atoms with Gasteiger partial charge in [-0.15, -0.1) is 10.2 Å². The highest BCUT2D eigenvalue weighted by Gasteiger charge is 2.19. The molecule has 1 aliphatic rings. The molecule has 6 nitrogen and oxygen atoms in total. The first-order valence-electron chi connectivity index (χ1n) is 7.84. The van der Waals surface area contributed by atoms with Gasteiger partial charge in [-0.25, -0.2) is 0 Å². The van der Waals surface area contributed by atoms with E-state index in [0.29, 0.717) is 6.61 Å². The highest BCUT2D eigenvalue weighted by atomic mass is 16.5. The lowest BCUT2D eigenvalue weighted by atomic mass is 10.1. The molecule has 1 N–H and O–H groups in total. The largest absolute Gasteiger partial charge is 0.485 e. The van der Waals surface area contributed by atoms with E-state index in [2.05, 4.69) is 38.0 Å². The molecule has 0 aliphatic carbocycles. The molecular weight excluding hydrogens is 290 g/mol. The molecule has 0 radical (unpaired) electrons. The smallest absolute Gasteiger partial charge is 0.171 e. The summed E-state index contributed by atoms with van der Waals surface area (Å²) in [6.45, 7) is 5.32. The quantitative estimate of drug-likeness (QED) is 0.806. The maximum Gasteiger partial charge on any atom is 0.171 e. The van der Waals surface area contributed by atoms with Gasteiger partial charge in [0.25, 0.3) is 0 Å². The molecule has 0 amide bonds. The molecule has 3 heterocycles. The fraction of sp³-hybridized carbons (Fsp3) is 0.353. The van der Waals surface area contributed by atoms with Crippen LogP contribution in [0, 0.1) is 13.8 Å². The molecule has 1 aromatic carbocycles. The molecule has 2 aromatic heterocycles. The van der Waals surface area contributed by atoms with Crippen molar-refractivity contribution in [2.45, 2.75) is 39.8 Å². The number of aromatic amines is 1. The number of nitrogens with one attached hydrogen (secondary N) is 1. The van der Waals surface area contributed by atoms with E-state index >= 15 is 0 Å². The molecule has 118 valence electrons. The van der Waals surface area contributed by atoms with Gasteiger partial charge in [-0.05, 0) is 31.9 Å². The Balaban J connectivity index is 1.60. The van der Waals surface area contributed by atoms with Crippen molar-refractivity contribution in [1.82, 2.24) is 25.0 Å². The summed E-state index contributed by atoms with van der Waals surface area (Å²) in [6, 6.07) is 8.14. The average Bonchev–Trinajstić information content (AvgIpc) is 3.02. The molecule has 0 atom stereocenters. The Hall–Kier alpha value is -2.63. The Morgan fingerprint density at radius 2 is 2.04 bits per heavy atom. The van der Waals surface area contributed by atoms with E-state index in [-0.39, 0.29) is 0 Å². The van der Waals surface area contributed by atoms with E-state index in [0.717, 1.165) is 48.2 Å². The number of hydrogen-bond acceptors (Lipinski definition) is 4. The predicted molar refractivity (Wildman–Crippen MR) is 85.4 cm³/mol. The van der Waals surface area contributed by atoms with Crippen LogP contribution in [0.5, 0.6) is 5.75 Å². The minimum atomic E-state index is 0.466. The second kappa shape index (κ2) is 5.53. The third kappa shape index (κ3) is 2.50. The van der Waals surface area contributed by atoms with E-state index in [9.17, 15) is 0 Å². The van der Waals surface area contributed by atoms with Crippen LogP contribution in [0.2, 0.25) is 0 Å². The van der Waals surface area contributed by atoms with E-state index in [4.69, 9.17) is 4.74 Å². The van der Waals surface area contributed by atoms with Crippen LogP contribution in [0.15, 0.2) is 24.3 Å². The SMILES string of the molecule is Cc1n[nH]c(C)c1CCc1nnc2n1Cc1ccccc1OC2. The minimum absolute atomic E-state index is 0.466. The summed E-state index contributed by atoms with van der Waals surface area (Å²) in [7, 11) is 0. The normalized spacial score (nSPS) is 13.1. The van der Waals surface area contributed by atoms with E-state index in [1.165, 1.54) is 11.1 Å². The molecule has 0 bridgehead atoms.